The van der Waals surface area contributed by atoms with E-state index in [2.05, 4.69) is 5.32 Å². The predicted octanol–water partition coefficient (Wildman–Crippen LogP) is 3.96. The van der Waals surface area contributed by atoms with Crippen molar-refractivity contribution >= 4 is 11.7 Å². The lowest BCUT2D eigenvalue weighted by molar-refractivity contribution is -0.153. The first-order valence-corrected chi connectivity index (χ1v) is 9.35. The normalized spacial score (nSPS) is 13.0. The summed E-state index contributed by atoms with van der Waals surface area (Å²) in [7, 11) is 1.62. The van der Waals surface area contributed by atoms with Gasteiger partial charge >= 0.3 is 5.97 Å². The molecule has 28 heavy (non-hydrogen) atoms. The highest BCUT2D eigenvalue weighted by Gasteiger charge is 2.19. The zero-order valence-corrected chi connectivity index (χ0v) is 16.8. The van der Waals surface area contributed by atoms with E-state index in [1.807, 2.05) is 57.2 Å². The fourth-order valence-corrected chi connectivity index (χ4v) is 2.97. The van der Waals surface area contributed by atoms with Gasteiger partial charge in [0.25, 0.3) is 0 Å². The van der Waals surface area contributed by atoms with Crippen molar-refractivity contribution in [3.8, 4) is 17.2 Å². The number of nitrogens with one attached hydrogen (secondary N) is 1. The van der Waals surface area contributed by atoms with E-state index < -0.39 is 5.60 Å². The Morgan fingerprint density at radius 2 is 1.89 bits per heavy atom. The Morgan fingerprint density at radius 1 is 1.11 bits per heavy atom. The lowest BCUT2D eigenvalue weighted by atomic mass is 10.1. The second-order valence-electron chi connectivity index (χ2n) is 7.64. The zero-order valence-electron chi connectivity index (χ0n) is 16.8. The highest BCUT2D eigenvalue weighted by atomic mass is 16.6. The molecule has 150 valence electrons. The largest absolute Gasteiger partial charge is 0.493 e. The molecule has 2 aromatic rings. The fraction of sp³-hybridized carbons (Fsp3) is 0.409. The average molecular weight is 385 g/mol. The summed E-state index contributed by atoms with van der Waals surface area (Å²) in [6.45, 7) is 7.23. The van der Waals surface area contributed by atoms with Crippen molar-refractivity contribution < 1.29 is 23.7 Å². The van der Waals surface area contributed by atoms with Crippen LogP contribution in [0.1, 0.15) is 31.9 Å². The molecule has 1 N–H and O–H groups in total. The molecule has 0 amide bonds. The van der Waals surface area contributed by atoms with E-state index in [-0.39, 0.29) is 12.4 Å². The number of benzene rings is 2. The highest BCUT2D eigenvalue weighted by molar-refractivity contribution is 5.73. The van der Waals surface area contributed by atoms with Crippen LogP contribution in [0.2, 0.25) is 0 Å². The van der Waals surface area contributed by atoms with Crippen molar-refractivity contribution in [2.45, 2.75) is 39.3 Å². The predicted molar refractivity (Wildman–Crippen MR) is 107 cm³/mol. The van der Waals surface area contributed by atoms with Gasteiger partial charge in [-0.15, -0.1) is 0 Å². The molecule has 0 aliphatic carbocycles. The first kappa shape index (κ1) is 19.9. The minimum atomic E-state index is -0.482. The monoisotopic (exact) mass is 385 g/mol. The topological polar surface area (TPSA) is 66.0 Å². The number of methoxy groups -OCH3 is 1. The maximum Gasteiger partial charge on any atom is 0.310 e. The van der Waals surface area contributed by atoms with Crippen molar-refractivity contribution in [1.29, 1.82) is 0 Å². The maximum absolute atomic E-state index is 12.0. The molecule has 0 fully saturated rings. The number of hydrogen-bond donors (Lipinski definition) is 1. The van der Waals surface area contributed by atoms with Crippen molar-refractivity contribution in [2.75, 3.05) is 25.6 Å². The Hall–Kier alpha value is -2.89. The zero-order chi connectivity index (χ0) is 20.1. The number of hydrogen-bond acceptors (Lipinski definition) is 6. The Balaban J connectivity index is 1.66. The summed E-state index contributed by atoms with van der Waals surface area (Å²) in [4.78, 5) is 12.0. The van der Waals surface area contributed by atoms with E-state index in [1.165, 1.54) is 0 Å². The molecule has 0 radical (unpaired) electrons. The standard InChI is InChI=1S/C22H27NO5/c1-22(2,3)28-20(24)13-15-6-5-7-17(10-15)23-14-16-11-18(25-4)21-19(12-16)26-8-9-27-21/h5-7,10-12,23H,8-9,13-14H2,1-4H3. The van der Waals surface area contributed by atoms with Crippen molar-refractivity contribution in [1.82, 2.24) is 0 Å². The first-order chi connectivity index (χ1) is 13.3. The summed E-state index contributed by atoms with van der Waals surface area (Å²) in [6.07, 6.45) is 0.241. The highest BCUT2D eigenvalue weighted by Crippen LogP contribution is 2.40. The lowest BCUT2D eigenvalue weighted by Crippen LogP contribution is -2.24. The molecule has 6 heteroatoms. The second kappa shape index (κ2) is 8.42. The molecule has 0 unspecified atom stereocenters. The number of carbonyl (C=O) groups excluding carboxylic acids is 1. The minimum absolute atomic E-state index is 0.235. The molecular weight excluding hydrogens is 358 g/mol. The molecule has 0 saturated carbocycles. The third-order valence-corrected chi connectivity index (χ3v) is 4.08. The first-order valence-electron chi connectivity index (χ1n) is 9.35. The van der Waals surface area contributed by atoms with Gasteiger partial charge in [0.2, 0.25) is 5.75 Å². The van der Waals surface area contributed by atoms with Gasteiger partial charge in [0.1, 0.15) is 18.8 Å². The Kier molecular flexibility index (Phi) is 5.97. The van der Waals surface area contributed by atoms with Crippen LogP contribution < -0.4 is 19.5 Å². The van der Waals surface area contributed by atoms with Gasteiger partial charge in [0.15, 0.2) is 11.5 Å². The summed E-state index contributed by atoms with van der Waals surface area (Å²) >= 11 is 0. The third kappa shape index (κ3) is 5.31. The van der Waals surface area contributed by atoms with Gasteiger partial charge in [-0.05, 0) is 56.2 Å². The molecule has 1 heterocycles. The summed E-state index contributed by atoms with van der Waals surface area (Å²) in [5.74, 6) is 1.77. The van der Waals surface area contributed by atoms with Gasteiger partial charge in [-0.3, -0.25) is 4.79 Å². The molecule has 0 aromatic heterocycles. The van der Waals surface area contributed by atoms with E-state index in [9.17, 15) is 4.79 Å². The van der Waals surface area contributed by atoms with Crippen LogP contribution in [0.15, 0.2) is 36.4 Å². The van der Waals surface area contributed by atoms with Crippen LogP contribution in [0.5, 0.6) is 17.2 Å². The van der Waals surface area contributed by atoms with Gasteiger partial charge in [-0.1, -0.05) is 12.1 Å². The molecular formula is C22H27NO5. The van der Waals surface area contributed by atoms with Crippen molar-refractivity contribution in [3.63, 3.8) is 0 Å². The summed E-state index contributed by atoms with van der Waals surface area (Å²) in [6, 6.07) is 11.7. The number of ether oxygens (including phenoxy) is 4. The summed E-state index contributed by atoms with van der Waals surface area (Å²) < 4.78 is 22.1. The summed E-state index contributed by atoms with van der Waals surface area (Å²) in [5.41, 5.74) is 2.36. The van der Waals surface area contributed by atoms with Crippen LogP contribution in [-0.2, 0) is 22.5 Å². The molecule has 0 atom stereocenters. The smallest absolute Gasteiger partial charge is 0.310 e. The van der Waals surface area contributed by atoms with Crippen molar-refractivity contribution in [2.24, 2.45) is 0 Å². The number of anilines is 1. The van der Waals surface area contributed by atoms with Crippen LogP contribution >= 0.6 is 0 Å². The number of carbonyl (C=O) groups is 1. The van der Waals surface area contributed by atoms with E-state index in [0.29, 0.717) is 37.0 Å². The van der Waals surface area contributed by atoms with Crippen LogP contribution in [0, 0.1) is 0 Å². The minimum Gasteiger partial charge on any atom is -0.493 e. The van der Waals surface area contributed by atoms with Gasteiger partial charge < -0.3 is 24.3 Å². The van der Waals surface area contributed by atoms with Crippen LogP contribution in [-0.4, -0.2) is 31.9 Å². The molecule has 2 aromatic carbocycles. The van der Waals surface area contributed by atoms with Gasteiger partial charge in [0, 0.05) is 12.2 Å². The SMILES string of the molecule is COc1cc(CNc2cccc(CC(=O)OC(C)(C)C)c2)cc2c1OCCO2. The molecule has 0 saturated heterocycles. The number of fused-ring (bicyclic) bond motifs is 1. The number of rotatable bonds is 6. The van der Waals surface area contributed by atoms with Gasteiger partial charge in [0.05, 0.1) is 13.5 Å². The Morgan fingerprint density at radius 3 is 2.64 bits per heavy atom. The van der Waals surface area contributed by atoms with Gasteiger partial charge in [-0.25, -0.2) is 0 Å². The Bertz CT molecular complexity index is 824. The summed E-state index contributed by atoms with van der Waals surface area (Å²) in [5, 5.41) is 3.38. The van der Waals surface area contributed by atoms with E-state index in [1.54, 1.807) is 7.11 Å². The molecule has 1 aliphatic rings. The molecule has 0 bridgehead atoms. The number of esters is 1. The van der Waals surface area contributed by atoms with E-state index in [4.69, 9.17) is 18.9 Å². The lowest BCUT2D eigenvalue weighted by Gasteiger charge is -2.21. The van der Waals surface area contributed by atoms with Crippen LogP contribution in [0.25, 0.3) is 0 Å². The van der Waals surface area contributed by atoms with Gasteiger partial charge in [-0.2, -0.15) is 0 Å². The molecule has 1 aliphatic heterocycles. The quantitative estimate of drug-likeness (QED) is 0.759. The fourth-order valence-electron chi connectivity index (χ4n) is 2.97. The van der Waals surface area contributed by atoms with Crippen LogP contribution in [0.3, 0.4) is 0 Å². The molecule has 3 rings (SSSR count). The third-order valence-electron chi connectivity index (χ3n) is 4.08. The second-order valence-corrected chi connectivity index (χ2v) is 7.64. The van der Waals surface area contributed by atoms with E-state index >= 15 is 0 Å². The average Bonchev–Trinajstić information content (AvgIpc) is 2.64. The van der Waals surface area contributed by atoms with Crippen LogP contribution in [0.4, 0.5) is 5.69 Å². The molecule has 0 spiro atoms. The Labute approximate surface area is 165 Å². The maximum atomic E-state index is 12.0. The van der Waals surface area contributed by atoms with Crippen molar-refractivity contribution in [3.05, 3.63) is 47.5 Å². The van der Waals surface area contributed by atoms with E-state index in [0.717, 1.165) is 16.8 Å². The molecule has 6 nitrogen and oxygen atoms in total.